The summed E-state index contributed by atoms with van der Waals surface area (Å²) in [7, 11) is 0. The maximum atomic E-state index is 9.93. The molecular weight excluding hydrogens is 332 g/mol. The Morgan fingerprint density at radius 3 is 2.33 bits per heavy atom. The van der Waals surface area contributed by atoms with E-state index in [9.17, 15) is 5.11 Å². The average Bonchev–Trinajstić information content (AvgIpc) is 2.66. The maximum Gasteiger partial charge on any atom is 0.122 e. The molecule has 0 saturated carbocycles. The lowest BCUT2D eigenvalue weighted by Crippen LogP contribution is -1.99. The second-order valence-corrected chi connectivity index (χ2v) is 6.99. The molecule has 3 rings (SSSR count). The molecule has 2 heteroatoms. The van der Waals surface area contributed by atoms with Crippen molar-refractivity contribution in [2.75, 3.05) is 0 Å². The van der Waals surface area contributed by atoms with E-state index < -0.39 is 0 Å². The van der Waals surface area contributed by atoms with Crippen LogP contribution in [0.25, 0.3) is 5.57 Å². The molecule has 3 aromatic rings. The summed E-state index contributed by atoms with van der Waals surface area (Å²) in [5, 5.41) is 9.93. The van der Waals surface area contributed by atoms with Gasteiger partial charge in [-0.25, -0.2) is 0 Å². The van der Waals surface area contributed by atoms with Crippen LogP contribution >= 0.6 is 0 Å². The third kappa shape index (κ3) is 5.01. The highest BCUT2D eigenvalue weighted by atomic mass is 16.5. The van der Waals surface area contributed by atoms with Gasteiger partial charge in [0.1, 0.15) is 18.1 Å². The second-order valence-electron chi connectivity index (χ2n) is 6.99. The molecule has 2 nitrogen and oxygen atoms in total. The van der Waals surface area contributed by atoms with Gasteiger partial charge in [0.25, 0.3) is 0 Å². The molecule has 0 heterocycles. The molecule has 27 heavy (non-hydrogen) atoms. The molecule has 138 valence electrons. The zero-order valence-corrected chi connectivity index (χ0v) is 16.0. The first kappa shape index (κ1) is 18.8. The Labute approximate surface area is 161 Å². The smallest absolute Gasteiger partial charge is 0.122 e. The highest BCUT2D eigenvalue weighted by Crippen LogP contribution is 2.25. The largest absolute Gasteiger partial charge is 0.508 e. The average molecular weight is 358 g/mol. The Bertz CT molecular complexity index is 873. The first-order chi connectivity index (χ1) is 13.0. The number of hydrogen-bond acceptors (Lipinski definition) is 2. The quantitative estimate of drug-likeness (QED) is 0.553. The summed E-state index contributed by atoms with van der Waals surface area (Å²) in [6.07, 6.45) is 1.93. The van der Waals surface area contributed by atoms with Gasteiger partial charge in [-0.05, 0) is 67.1 Å². The van der Waals surface area contributed by atoms with Crippen molar-refractivity contribution >= 4 is 5.57 Å². The van der Waals surface area contributed by atoms with Crippen molar-refractivity contribution in [2.24, 2.45) is 0 Å². The molecule has 0 aliphatic rings. The van der Waals surface area contributed by atoms with Crippen LogP contribution in [0.2, 0.25) is 0 Å². The first-order valence-electron chi connectivity index (χ1n) is 9.27. The molecular formula is C25H26O2. The Kier molecular flexibility index (Phi) is 5.97. The van der Waals surface area contributed by atoms with Gasteiger partial charge in [0.15, 0.2) is 0 Å². The van der Waals surface area contributed by atoms with Crippen molar-refractivity contribution in [1.82, 2.24) is 0 Å². The lowest BCUT2D eigenvalue weighted by Gasteiger charge is -2.13. The third-order valence-corrected chi connectivity index (χ3v) is 4.79. The molecule has 0 radical (unpaired) electrons. The number of benzene rings is 3. The summed E-state index contributed by atoms with van der Waals surface area (Å²) in [5.41, 5.74) is 6.80. The topological polar surface area (TPSA) is 29.5 Å². The number of rotatable bonds is 7. The van der Waals surface area contributed by atoms with E-state index in [0.29, 0.717) is 6.61 Å². The minimum Gasteiger partial charge on any atom is -0.508 e. The molecule has 0 amide bonds. The zero-order valence-electron chi connectivity index (χ0n) is 16.0. The predicted octanol–water partition coefficient (Wildman–Crippen LogP) is 6.10. The van der Waals surface area contributed by atoms with Crippen molar-refractivity contribution in [3.63, 3.8) is 0 Å². The molecule has 0 spiro atoms. The van der Waals surface area contributed by atoms with Gasteiger partial charge in [0.2, 0.25) is 0 Å². The van der Waals surface area contributed by atoms with Gasteiger partial charge < -0.3 is 9.84 Å². The lowest BCUT2D eigenvalue weighted by molar-refractivity contribution is 0.299. The van der Waals surface area contributed by atoms with Crippen LogP contribution < -0.4 is 4.74 Å². The van der Waals surface area contributed by atoms with Crippen LogP contribution in [0.3, 0.4) is 0 Å². The molecule has 1 N–H and O–H groups in total. The van der Waals surface area contributed by atoms with E-state index in [1.165, 1.54) is 16.7 Å². The molecule has 0 fully saturated rings. The monoisotopic (exact) mass is 358 g/mol. The standard InChI is InChI=1S/C25H26O2/c1-18(2)23-14-20(12-13-21-9-5-4-8-19(21)3)15-24(16-23)27-17-22-10-6-7-11-25(22)26/h4-11,14-16,26H,1,12-13,17H2,2-3H3. The van der Waals surface area contributed by atoms with Gasteiger partial charge in [-0.3, -0.25) is 0 Å². The molecule has 3 aromatic carbocycles. The molecule has 0 aliphatic heterocycles. The Balaban J connectivity index is 1.77. The van der Waals surface area contributed by atoms with Crippen molar-refractivity contribution in [3.8, 4) is 11.5 Å². The summed E-state index contributed by atoms with van der Waals surface area (Å²) in [6.45, 7) is 8.57. The number of aryl methyl sites for hydroxylation is 3. The van der Waals surface area contributed by atoms with E-state index >= 15 is 0 Å². The summed E-state index contributed by atoms with van der Waals surface area (Å²) in [5.74, 6) is 1.06. The molecule has 0 bridgehead atoms. The SMILES string of the molecule is C=C(C)c1cc(CCc2ccccc2C)cc(OCc2ccccc2O)c1. The lowest BCUT2D eigenvalue weighted by atomic mass is 9.98. The van der Waals surface area contributed by atoms with Gasteiger partial charge in [0, 0.05) is 5.56 Å². The number of hydrogen-bond donors (Lipinski definition) is 1. The fraction of sp³-hybridized carbons (Fsp3) is 0.200. The minimum absolute atomic E-state index is 0.258. The zero-order chi connectivity index (χ0) is 19.2. The summed E-state index contributed by atoms with van der Waals surface area (Å²) < 4.78 is 5.98. The van der Waals surface area contributed by atoms with Crippen LogP contribution in [0, 0.1) is 6.92 Å². The van der Waals surface area contributed by atoms with E-state index in [1.807, 2.05) is 31.2 Å². The molecule has 0 saturated heterocycles. The van der Waals surface area contributed by atoms with Crippen molar-refractivity contribution in [1.29, 1.82) is 0 Å². The van der Waals surface area contributed by atoms with E-state index in [4.69, 9.17) is 4.74 Å². The molecule has 0 aromatic heterocycles. The number of aromatic hydroxyl groups is 1. The molecule has 0 unspecified atom stereocenters. The van der Waals surface area contributed by atoms with Crippen molar-refractivity contribution in [2.45, 2.75) is 33.3 Å². The number of ether oxygens (including phenoxy) is 1. The van der Waals surface area contributed by atoms with E-state index in [0.717, 1.165) is 35.3 Å². The third-order valence-electron chi connectivity index (χ3n) is 4.79. The van der Waals surface area contributed by atoms with Crippen LogP contribution in [-0.4, -0.2) is 5.11 Å². The second kappa shape index (κ2) is 8.59. The molecule has 0 atom stereocenters. The van der Waals surface area contributed by atoms with Gasteiger partial charge in [0.05, 0.1) is 0 Å². The normalized spacial score (nSPS) is 10.6. The van der Waals surface area contributed by atoms with Crippen LogP contribution in [-0.2, 0) is 19.4 Å². The fourth-order valence-electron chi connectivity index (χ4n) is 3.10. The first-order valence-corrected chi connectivity index (χ1v) is 9.27. The number of phenols is 1. The van der Waals surface area contributed by atoms with Crippen LogP contribution in [0.15, 0.2) is 73.3 Å². The van der Waals surface area contributed by atoms with Crippen molar-refractivity contribution < 1.29 is 9.84 Å². The van der Waals surface area contributed by atoms with Crippen LogP contribution in [0.4, 0.5) is 0 Å². The van der Waals surface area contributed by atoms with Crippen LogP contribution in [0.1, 0.15) is 34.7 Å². The predicted molar refractivity (Wildman–Crippen MR) is 112 cm³/mol. The summed E-state index contributed by atoms with van der Waals surface area (Å²) >= 11 is 0. The number of phenolic OH excluding ortho intramolecular Hbond substituents is 1. The van der Waals surface area contributed by atoms with Gasteiger partial charge in [-0.2, -0.15) is 0 Å². The Hall–Kier alpha value is -3.00. The van der Waals surface area contributed by atoms with E-state index in [1.54, 1.807) is 6.07 Å². The number of para-hydroxylation sites is 1. The van der Waals surface area contributed by atoms with Gasteiger partial charge >= 0.3 is 0 Å². The van der Waals surface area contributed by atoms with E-state index in [2.05, 4.69) is 49.9 Å². The summed E-state index contributed by atoms with van der Waals surface area (Å²) in [4.78, 5) is 0. The highest BCUT2D eigenvalue weighted by molar-refractivity contribution is 5.63. The fourth-order valence-corrected chi connectivity index (χ4v) is 3.10. The van der Waals surface area contributed by atoms with Gasteiger partial charge in [-0.1, -0.05) is 60.7 Å². The molecule has 0 aliphatic carbocycles. The maximum absolute atomic E-state index is 9.93. The Morgan fingerprint density at radius 2 is 1.63 bits per heavy atom. The minimum atomic E-state index is 0.258. The number of allylic oxidation sites excluding steroid dienone is 1. The van der Waals surface area contributed by atoms with Gasteiger partial charge in [-0.15, -0.1) is 0 Å². The van der Waals surface area contributed by atoms with Crippen molar-refractivity contribution in [3.05, 3.63) is 101 Å². The van der Waals surface area contributed by atoms with E-state index in [-0.39, 0.29) is 5.75 Å². The summed E-state index contributed by atoms with van der Waals surface area (Å²) in [6, 6.07) is 22.1. The highest BCUT2D eigenvalue weighted by Gasteiger charge is 2.07. The Morgan fingerprint density at radius 1 is 0.926 bits per heavy atom. The van der Waals surface area contributed by atoms with Crippen LogP contribution in [0.5, 0.6) is 11.5 Å².